The summed E-state index contributed by atoms with van der Waals surface area (Å²) in [4.78, 5) is 2.61. The molecule has 0 amide bonds. The molecular weight excluding hydrogens is 208 g/mol. The molecule has 2 heteroatoms. The second-order valence-corrected chi connectivity index (χ2v) is 5.73. The molecule has 1 aromatic carbocycles. The summed E-state index contributed by atoms with van der Waals surface area (Å²) in [6, 6.07) is 6.82. The molecule has 2 aliphatic heterocycles. The minimum atomic E-state index is 0.848. The molecule has 2 nitrogen and oxygen atoms in total. The number of aryl methyl sites for hydroxylation is 2. The van der Waals surface area contributed by atoms with Gasteiger partial charge in [-0.15, -0.1) is 0 Å². The Bertz CT molecular complexity index is 401. The van der Waals surface area contributed by atoms with Gasteiger partial charge in [-0.25, -0.2) is 5.32 Å². The zero-order chi connectivity index (χ0) is 11.8. The van der Waals surface area contributed by atoms with E-state index in [0.717, 1.165) is 31.5 Å². The van der Waals surface area contributed by atoms with Crippen molar-refractivity contribution in [3.05, 3.63) is 34.9 Å². The first-order chi connectivity index (χ1) is 8.22. The highest BCUT2D eigenvalue weighted by molar-refractivity contribution is 5.30. The predicted molar refractivity (Wildman–Crippen MR) is 70.0 cm³/mol. The summed E-state index contributed by atoms with van der Waals surface area (Å²) in [5.74, 6) is 1.70. The molecule has 2 heterocycles. The Balaban J connectivity index is 1.67. The topological polar surface area (TPSA) is 17.3 Å². The second-order valence-electron chi connectivity index (χ2n) is 5.73. The lowest BCUT2D eigenvalue weighted by Gasteiger charge is -2.18. The zero-order valence-corrected chi connectivity index (χ0v) is 10.8. The molecule has 2 atom stereocenters. The fourth-order valence-corrected chi connectivity index (χ4v) is 3.25. The molecule has 91 valence electrons. The molecule has 0 aromatic heterocycles. The SMILES string of the molecule is Cc1ccc(CN2CC3C[N]CC3C2)c(C)c1. The summed E-state index contributed by atoms with van der Waals surface area (Å²) in [6.07, 6.45) is 0. The Hall–Kier alpha value is -0.860. The highest BCUT2D eigenvalue weighted by Gasteiger charge is 2.36. The standard InChI is InChI=1S/C15H21N2/c1-11-3-4-13(12(2)5-11)8-17-9-14-6-16-7-15(14)10-17/h3-5,14-15H,6-10H2,1-2H3. The van der Waals surface area contributed by atoms with Crippen LogP contribution >= 0.6 is 0 Å². The molecule has 0 aliphatic carbocycles. The van der Waals surface area contributed by atoms with Gasteiger partial charge in [0.1, 0.15) is 0 Å². The number of hydrogen-bond acceptors (Lipinski definition) is 1. The Morgan fingerprint density at radius 1 is 1.18 bits per heavy atom. The van der Waals surface area contributed by atoms with E-state index in [2.05, 4.69) is 42.3 Å². The van der Waals surface area contributed by atoms with Crippen molar-refractivity contribution in [3.63, 3.8) is 0 Å². The minimum Gasteiger partial charge on any atom is -0.298 e. The molecule has 17 heavy (non-hydrogen) atoms. The van der Waals surface area contributed by atoms with E-state index in [9.17, 15) is 0 Å². The highest BCUT2D eigenvalue weighted by Crippen LogP contribution is 2.28. The van der Waals surface area contributed by atoms with Crippen LogP contribution in [-0.4, -0.2) is 31.1 Å². The lowest BCUT2D eigenvalue weighted by molar-refractivity contribution is 0.304. The van der Waals surface area contributed by atoms with E-state index in [1.807, 2.05) is 0 Å². The van der Waals surface area contributed by atoms with Crippen LogP contribution in [0.5, 0.6) is 0 Å². The van der Waals surface area contributed by atoms with Gasteiger partial charge in [0.25, 0.3) is 0 Å². The first kappa shape index (κ1) is 11.2. The lowest BCUT2D eigenvalue weighted by atomic mass is 10.0. The number of fused-ring (bicyclic) bond motifs is 1. The van der Waals surface area contributed by atoms with Crippen molar-refractivity contribution in [1.82, 2.24) is 10.2 Å². The van der Waals surface area contributed by atoms with Crippen LogP contribution in [-0.2, 0) is 6.54 Å². The number of rotatable bonds is 2. The maximum Gasteiger partial charge on any atom is 0.0236 e. The summed E-state index contributed by atoms with van der Waals surface area (Å²) in [6.45, 7) is 10.2. The molecular formula is C15H21N2. The van der Waals surface area contributed by atoms with Gasteiger partial charge in [0.15, 0.2) is 0 Å². The molecule has 1 aromatic rings. The quantitative estimate of drug-likeness (QED) is 0.758. The van der Waals surface area contributed by atoms with E-state index in [1.54, 1.807) is 0 Å². The van der Waals surface area contributed by atoms with Crippen LogP contribution in [0.4, 0.5) is 0 Å². The Morgan fingerprint density at radius 2 is 1.88 bits per heavy atom. The van der Waals surface area contributed by atoms with Crippen LogP contribution in [0.15, 0.2) is 18.2 Å². The molecule has 1 radical (unpaired) electrons. The normalized spacial score (nSPS) is 28.6. The molecule has 3 rings (SSSR count). The van der Waals surface area contributed by atoms with Gasteiger partial charge >= 0.3 is 0 Å². The van der Waals surface area contributed by atoms with Gasteiger partial charge in [0.05, 0.1) is 0 Å². The van der Waals surface area contributed by atoms with Crippen molar-refractivity contribution in [2.75, 3.05) is 26.2 Å². The van der Waals surface area contributed by atoms with E-state index in [-0.39, 0.29) is 0 Å². The molecule has 0 N–H and O–H groups in total. The number of likely N-dealkylation sites (tertiary alicyclic amines) is 1. The van der Waals surface area contributed by atoms with Gasteiger partial charge < -0.3 is 0 Å². The van der Waals surface area contributed by atoms with E-state index in [1.165, 1.54) is 29.8 Å². The molecule has 2 fully saturated rings. The Morgan fingerprint density at radius 3 is 2.53 bits per heavy atom. The van der Waals surface area contributed by atoms with E-state index in [4.69, 9.17) is 0 Å². The fraction of sp³-hybridized carbons (Fsp3) is 0.600. The third kappa shape index (κ3) is 2.24. The van der Waals surface area contributed by atoms with Crippen LogP contribution < -0.4 is 5.32 Å². The molecule has 0 spiro atoms. The average Bonchev–Trinajstić information content (AvgIpc) is 2.82. The average molecular weight is 229 g/mol. The number of benzene rings is 1. The smallest absolute Gasteiger partial charge is 0.0236 e. The molecule has 2 saturated heterocycles. The van der Waals surface area contributed by atoms with Crippen molar-refractivity contribution in [2.45, 2.75) is 20.4 Å². The van der Waals surface area contributed by atoms with Gasteiger partial charge in [-0.2, -0.15) is 0 Å². The van der Waals surface area contributed by atoms with Gasteiger partial charge in [0.2, 0.25) is 0 Å². The largest absolute Gasteiger partial charge is 0.298 e. The van der Waals surface area contributed by atoms with Crippen LogP contribution in [0.3, 0.4) is 0 Å². The van der Waals surface area contributed by atoms with Crippen LogP contribution in [0.1, 0.15) is 16.7 Å². The van der Waals surface area contributed by atoms with E-state index < -0.39 is 0 Å². The van der Waals surface area contributed by atoms with E-state index in [0.29, 0.717) is 0 Å². The maximum absolute atomic E-state index is 4.51. The second kappa shape index (κ2) is 4.43. The summed E-state index contributed by atoms with van der Waals surface area (Å²) in [5, 5.41) is 4.51. The number of nitrogens with zero attached hydrogens (tertiary/aromatic N) is 2. The molecule has 0 saturated carbocycles. The van der Waals surface area contributed by atoms with Crippen LogP contribution in [0, 0.1) is 25.7 Å². The summed E-state index contributed by atoms with van der Waals surface area (Å²) in [5.41, 5.74) is 4.29. The van der Waals surface area contributed by atoms with Gasteiger partial charge in [0, 0.05) is 32.7 Å². The first-order valence-electron chi connectivity index (χ1n) is 6.64. The number of hydrogen-bond donors (Lipinski definition) is 0. The Kier molecular flexibility index (Phi) is 2.93. The molecule has 0 bridgehead atoms. The summed E-state index contributed by atoms with van der Waals surface area (Å²) in [7, 11) is 0. The molecule has 2 aliphatic rings. The fourth-order valence-electron chi connectivity index (χ4n) is 3.25. The third-order valence-corrected chi connectivity index (χ3v) is 4.27. The molecule has 2 unspecified atom stereocenters. The summed E-state index contributed by atoms with van der Waals surface area (Å²) < 4.78 is 0. The van der Waals surface area contributed by atoms with Crippen molar-refractivity contribution < 1.29 is 0 Å². The minimum absolute atomic E-state index is 0.848. The monoisotopic (exact) mass is 229 g/mol. The summed E-state index contributed by atoms with van der Waals surface area (Å²) >= 11 is 0. The van der Waals surface area contributed by atoms with E-state index >= 15 is 0 Å². The Labute approximate surface area is 104 Å². The third-order valence-electron chi connectivity index (χ3n) is 4.27. The van der Waals surface area contributed by atoms with Gasteiger partial charge in [-0.05, 0) is 36.8 Å². The van der Waals surface area contributed by atoms with Gasteiger partial charge in [-0.3, -0.25) is 4.90 Å². The highest BCUT2D eigenvalue weighted by atomic mass is 15.2. The maximum atomic E-state index is 4.51. The van der Waals surface area contributed by atoms with Gasteiger partial charge in [-0.1, -0.05) is 23.8 Å². The van der Waals surface area contributed by atoms with Crippen LogP contribution in [0.2, 0.25) is 0 Å². The van der Waals surface area contributed by atoms with Crippen molar-refractivity contribution in [3.8, 4) is 0 Å². The van der Waals surface area contributed by atoms with Crippen LogP contribution in [0.25, 0.3) is 0 Å². The van der Waals surface area contributed by atoms with Crippen molar-refractivity contribution in [2.24, 2.45) is 11.8 Å². The van der Waals surface area contributed by atoms with Crippen molar-refractivity contribution in [1.29, 1.82) is 0 Å². The lowest BCUT2D eigenvalue weighted by Crippen LogP contribution is -2.24. The predicted octanol–water partition coefficient (Wildman–Crippen LogP) is 1.97. The first-order valence-corrected chi connectivity index (χ1v) is 6.64. The van der Waals surface area contributed by atoms with Crippen molar-refractivity contribution >= 4 is 0 Å². The zero-order valence-electron chi connectivity index (χ0n) is 10.8.